The quantitative estimate of drug-likeness (QED) is 0.816. The number of imide groups is 1. The lowest BCUT2D eigenvalue weighted by Gasteiger charge is -2.27. The van der Waals surface area contributed by atoms with Crippen molar-refractivity contribution in [2.75, 3.05) is 18.0 Å². The molecular weight excluding hydrogens is 352 g/mol. The fraction of sp³-hybridized carbons (Fsp3) is 0.391. The van der Waals surface area contributed by atoms with Crippen LogP contribution in [0, 0.1) is 6.92 Å². The smallest absolute Gasteiger partial charge is 0.266 e. The van der Waals surface area contributed by atoms with Crippen molar-refractivity contribution in [3.8, 4) is 5.75 Å². The van der Waals surface area contributed by atoms with Gasteiger partial charge in [-0.3, -0.25) is 9.59 Å². The summed E-state index contributed by atoms with van der Waals surface area (Å²) in [6, 6.07) is 11.0. The van der Waals surface area contributed by atoms with Crippen LogP contribution >= 0.6 is 0 Å². The fourth-order valence-electron chi connectivity index (χ4n) is 4.19. The van der Waals surface area contributed by atoms with Gasteiger partial charge in [0.2, 0.25) is 0 Å². The first-order valence-electron chi connectivity index (χ1n) is 9.97. The van der Waals surface area contributed by atoms with Crippen molar-refractivity contribution < 1.29 is 14.3 Å². The average molecular weight is 378 g/mol. The van der Waals surface area contributed by atoms with Crippen LogP contribution in [0.25, 0.3) is 0 Å². The van der Waals surface area contributed by atoms with Gasteiger partial charge in [0.1, 0.15) is 5.75 Å². The summed E-state index contributed by atoms with van der Waals surface area (Å²) in [7, 11) is 0. The number of ether oxygens (including phenoxy) is 1. The maximum absolute atomic E-state index is 13.0. The van der Waals surface area contributed by atoms with E-state index < -0.39 is 0 Å². The lowest BCUT2D eigenvalue weighted by Crippen LogP contribution is -2.31. The molecule has 0 spiro atoms. The minimum atomic E-state index is -0.289. The second kappa shape index (κ2) is 7.40. The molecule has 2 aliphatic heterocycles. The van der Waals surface area contributed by atoms with Gasteiger partial charge in [-0.15, -0.1) is 0 Å². The van der Waals surface area contributed by atoms with Gasteiger partial charge in [0, 0.05) is 0 Å². The molecule has 0 radical (unpaired) electrons. The Kier molecular flexibility index (Phi) is 4.94. The van der Waals surface area contributed by atoms with Gasteiger partial charge in [-0.05, 0) is 88.0 Å². The third kappa shape index (κ3) is 3.20. The first kappa shape index (κ1) is 18.7. The van der Waals surface area contributed by atoms with Gasteiger partial charge in [0.05, 0.1) is 22.9 Å². The molecule has 5 nitrogen and oxygen atoms in total. The van der Waals surface area contributed by atoms with Gasteiger partial charge < -0.3 is 10.1 Å². The highest BCUT2D eigenvalue weighted by atomic mass is 16.5. The van der Waals surface area contributed by atoms with E-state index in [9.17, 15) is 9.59 Å². The number of anilines is 1. The summed E-state index contributed by atoms with van der Waals surface area (Å²) in [5.41, 5.74) is 3.77. The molecule has 0 bridgehead atoms. The molecule has 2 aromatic rings. The molecule has 146 valence electrons. The third-order valence-corrected chi connectivity index (χ3v) is 5.52. The molecule has 0 aromatic heterocycles. The van der Waals surface area contributed by atoms with E-state index in [4.69, 9.17) is 4.74 Å². The van der Waals surface area contributed by atoms with Crippen LogP contribution in [0.3, 0.4) is 0 Å². The van der Waals surface area contributed by atoms with Crippen LogP contribution in [0.1, 0.15) is 64.4 Å². The van der Waals surface area contributed by atoms with Crippen LogP contribution < -0.4 is 15.0 Å². The molecule has 0 saturated carbocycles. The number of piperidine rings is 1. The first-order valence-corrected chi connectivity index (χ1v) is 9.97. The van der Waals surface area contributed by atoms with Crippen molar-refractivity contribution in [1.29, 1.82) is 0 Å². The summed E-state index contributed by atoms with van der Waals surface area (Å²) >= 11 is 0. The van der Waals surface area contributed by atoms with Crippen molar-refractivity contribution >= 4 is 17.5 Å². The Hall–Kier alpha value is -2.66. The number of carbonyl (C=O) groups is 2. The number of nitrogens with one attached hydrogen (secondary N) is 1. The molecular formula is C23H26N2O3. The summed E-state index contributed by atoms with van der Waals surface area (Å²) < 4.78 is 6.08. The normalized spacial score (nSPS) is 17.4. The Morgan fingerprint density at radius 3 is 2.21 bits per heavy atom. The number of fused-ring (bicyclic) bond motifs is 1. The van der Waals surface area contributed by atoms with Gasteiger partial charge >= 0.3 is 0 Å². The van der Waals surface area contributed by atoms with Crippen LogP contribution in [-0.2, 0) is 0 Å². The zero-order valence-corrected chi connectivity index (χ0v) is 16.6. The first-order chi connectivity index (χ1) is 13.5. The van der Waals surface area contributed by atoms with Gasteiger partial charge in [-0.2, -0.15) is 0 Å². The zero-order chi connectivity index (χ0) is 19.8. The molecule has 1 fully saturated rings. The molecule has 1 saturated heterocycles. The third-order valence-electron chi connectivity index (χ3n) is 5.52. The van der Waals surface area contributed by atoms with Gasteiger partial charge in [0.15, 0.2) is 0 Å². The van der Waals surface area contributed by atoms with Crippen molar-refractivity contribution in [2.45, 2.75) is 45.6 Å². The number of rotatable bonds is 4. The summed E-state index contributed by atoms with van der Waals surface area (Å²) in [5.74, 6) is 0.488. The highest BCUT2D eigenvalue weighted by molar-refractivity contribution is 6.34. The summed E-state index contributed by atoms with van der Waals surface area (Å²) in [4.78, 5) is 27.2. The Balaban J connectivity index is 1.79. The molecule has 28 heavy (non-hydrogen) atoms. The number of hydrogen-bond donors (Lipinski definition) is 1. The van der Waals surface area contributed by atoms with Crippen LogP contribution in [0.2, 0.25) is 0 Å². The Bertz CT molecular complexity index is 894. The summed E-state index contributed by atoms with van der Waals surface area (Å²) in [5, 5.41) is 3.40. The van der Waals surface area contributed by atoms with E-state index in [0.717, 1.165) is 31.5 Å². The standard InChI is InChI=1S/C23H26N2O3/c1-14(2)28-21-13-19(16-8-10-24-11-9-16)15(3)12-20(21)25-22(26)17-6-4-5-7-18(17)23(25)27/h4-7,12-14,16,24H,8-11H2,1-3H3. The molecule has 2 amide bonds. The molecule has 2 aliphatic rings. The Morgan fingerprint density at radius 1 is 1.04 bits per heavy atom. The Morgan fingerprint density at radius 2 is 1.64 bits per heavy atom. The monoisotopic (exact) mass is 378 g/mol. The number of hydrogen-bond acceptors (Lipinski definition) is 4. The minimum Gasteiger partial charge on any atom is -0.489 e. The van der Waals surface area contributed by atoms with Gasteiger partial charge in [0.25, 0.3) is 11.8 Å². The van der Waals surface area contributed by atoms with Crippen molar-refractivity contribution in [3.05, 3.63) is 58.7 Å². The Labute approximate surface area is 165 Å². The molecule has 0 aliphatic carbocycles. The van der Waals surface area contributed by atoms with Crippen LogP contribution in [0.4, 0.5) is 5.69 Å². The maximum atomic E-state index is 13.0. The van der Waals surface area contributed by atoms with E-state index in [1.807, 2.05) is 26.0 Å². The topological polar surface area (TPSA) is 58.6 Å². The number of aryl methyl sites for hydroxylation is 1. The van der Waals surface area contributed by atoms with E-state index in [1.54, 1.807) is 24.3 Å². The number of amides is 2. The lowest BCUT2D eigenvalue weighted by atomic mass is 9.87. The van der Waals surface area contributed by atoms with Gasteiger partial charge in [-0.1, -0.05) is 12.1 Å². The number of nitrogens with zero attached hydrogens (tertiary/aromatic N) is 1. The SMILES string of the molecule is Cc1cc(N2C(=O)c3ccccc3C2=O)c(OC(C)C)cc1C1CCNCC1. The van der Waals surface area contributed by atoms with Crippen LogP contribution in [0.5, 0.6) is 5.75 Å². The lowest BCUT2D eigenvalue weighted by molar-refractivity contribution is 0.0924. The fourth-order valence-corrected chi connectivity index (χ4v) is 4.19. The number of carbonyl (C=O) groups excluding carboxylic acids is 2. The average Bonchev–Trinajstić information content (AvgIpc) is 2.94. The highest BCUT2D eigenvalue weighted by Gasteiger charge is 2.38. The van der Waals surface area contributed by atoms with E-state index >= 15 is 0 Å². The molecule has 2 aromatic carbocycles. The van der Waals surface area contributed by atoms with Gasteiger partial charge in [-0.25, -0.2) is 4.90 Å². The summed E-state index contributed by atoms with van der Waals surface area (Å²) in [6.45, 7) is 7.97. The van der Waals surface area contributed by atoms with E-state index in [2.05, 4.69) is 12.2 Å². The zero-order valence-electron chi connectivity index (χ0n) is 16.6. The molecule has 0 unspecified atom stereocenters. The molecule has 0 atom stereocenters. The molecule has 2 heterocycles. The molecule has 4 rings (SSSR count). The predicted molar refractivity (Wildman–Crippen MR) is 109 cm³/mol. The summed E-state index contributed by atoms with van der Waals surface area (Å²) in [6.07, 6.45) is 2.10. The van der Waals surface area contributed by atoms with Crippen molar-refractivity contribution in [2.24, 2.45) is 0 Å². The van der Waals surface area contributed by atoms with Crippen molar-refractivity contribution in [1.82, 2.24) is 5.32 Å². The predicted octanol–water partition coefficient (Wildman–Crippen LogP) is 4.05. The van der Waals surface area contributed by atoms with Crippen LogP contribution in [-0.4, -0.2) is 31.0 Å². The maximum Gasteiger partial charge on any atom is 0.266 e. The van der Waals surface area contributed by atoms with E-state index in [0.29, 0.717) is 28.5 Å². The van der Waals surface area contributed by atoms with Crippen LogP contribution in [0.15, 0.2) is 36.4 Å². The van der Waals surface area contributed by atoms with Crippen molar-refractivity contribution in [3.63, 3.8) is 0 Å². The van der Waals surface area contributed by atoms with E-state index in [1.165, 1.54) is 10.5 Å². The highest BCUT2D eigenvalue weighted by Crippen LogP contribution is 2.40. The number of benzene rings is 2. The largest absolute Gasteiger partial charge is 0.489 e. The molecule has 1 N–H and O–H groups in total. The second-order valence-corrected chi connectivity index (χ2v) is 7.86. The van der Waals surface area contributed by atoms with E-state index in [-0.39, 0.29) is 17.9 Å². The molecule has 5 heteroatoms. The second-order valence-electron chi connectivity index (χ2n) is 7.86. The minimum absolute atomic E-state index is 0.0579.